The summed E-state index contributed by atoms with van der Waals surface area (Å²) in [6, 6.07) is 47.6. The van der Waals surface area contributed by atoms with Crippen molar-refractivity contribution in [2.45, 2.75) is 19.3 Å². The van der Waals surface area contributed by atoms with E-state index >= 15 is 0 Å². The van der Waals surface area contributed by atoms with Gasteiger partial charge in [0.1, 0.15) is 22.3 Å². The van der Waals surface area contributed by atoms with Crippen LogP contribution in [0.1, 0.15) is 17.5 Å². The van der Waals surface area contributed by atoms with Crippen LogP contribution in [0.2, 0.25) is 0 Å². The fourth-order valence-corrected chi connectivity index (χ4v) is 7.22. The Morgan fingerprint density at radius 2 is 1.02 bits per heavy atom. The predicted molar refractivity (Wildman–Crippen MR) is 180 cm³/mol. The van der Waals surface area contributed by atoms with Gasteiger partial charge in [0.15, 0.2) is 0 Å². The summed E-state index contributed by atoms with van der Waals surface area (Å²) in [5.41, 5.74) is 8.93. The maximum Gasteiger partial charge on any atom is 0.147 e. The molecule has 7 aromatic carbocycles. The van der Waals surface area contributed by atoms with Gasteiger partial charge in [-0.05, 0) is 87.3 Å². The number of furan rings is 2. The molecule has 2 heteroatoms. The molecule has 0 radical (unpaired) electrons. The first-order chi connectivity index (χ1) is 21.3. The van der Waals surface area contributed by atoms with Crippen molar-refractivity contribution in [3.63, 3.8) is 0 Å². The van der Waals surface area contributed by atoms with Crippen molar-refractivity contribution < 1.29 is 8.83 Å². The molecule has 9 aromatic rings. The van der Waals surface area contributed by atoms with E-state index in [1.54, 1.807) is 0 Å². The molecule has 0 saturated carbocycles. The molecule has 9 rings (SSSR count). The second-order valence-corrected chi connectivity index (χ2v) is 11.5. The molecule has 2 heterocycles. The van der Waals surface area contributed by atoms with E-state index in [1.807, 2.05) is 12.1 Å². The van der Waals surface area contributed by atoms with Crippen LogP contribution in [0.4, 0.5) is 0 Å². The first kappa shape index (κ1) is 24.3. The number of hydrogen-bond acceptors (Lipinski definition) is 2. The van der Waals surface area contributed by atoms with Crippen molar-refractivity contribution >= 4 is 65.4 Å². The topological polar surface area (TPSA) is 26.3 Å². The lowest BCUT2D eigenvalue weighted by molar-refractivity contribution is 0.662. The molecule has 0 N–H and O–H groups in total. The molecular weight excluding hydrogens is 524 g/mol. The minimum Gasteiger partial charge on any atom is -0.456 e. The van der Waals surface area contributed by atoms with Gasteiger partial charge in [-0.1, -0.05) is 109 Å². The Hall–Kier alpha value is -5.34. The fourth-order valence-electron chi connectivity index (χ4n) is 7.22. The van der Waals surface area contributed by atoms with Crippen LogP contribution in [0.25, 0.3) is 76.5 Å². The van der Waals surface area contributed by atoms with E-state index in [1.165, 1.54) is 49.2 Å². The van der Waals surface area contributed by atoms with Crippen molar-refractivity contribution in [2.24, 2.45) is 0 Å². The fraction of sp³-hybridized carbons (Fsp3) is 0.0732. The van der Waals surface area contributed by atoms with Crippen LogP contribution in [0.3, 0.4) is 0 Å². The van der Waals surface area contributed by atoms with E-state index in [9.17, 15) is 0 Å². The number of hydrogen-bond donors (Lipinski definition) is 0. The molecule has 0 amide bonds. The molecule has 0 saturated heterocycles. The number of fused-ring (bicyclic) bond motifs is 9. The Morgan fingerprint density at radius 1 is 0.395 bits per heavy atom. The van der Waals surface area contributed by atoms with E-state index in [4.69, 9.17) is 8.83 Å². The lowest BCUT2D eigenvalue weighted by Gasteiger charge is -2.17. The third-order valence-corrected chi connectivity index (χ3v) is 9.07. The molecule has 2 aromatic heterocycles. The third kappa shape index (κ3) is 3.73. The maximum atomic E-state index is 6.44. The van der Waals surface area contributed by atoms with E-state index in [0.29, 0.717) is 0 Å². The van der Waals surface area contributed by atoms with E-state index < -0.39 is 0 Å². The summed E-state index contributed by atoms with van der Waals surface area (Å²) in [6.45, 7) is 0. The summed E-state index contributed by atoms with van der Waals surface area (Å²) in [7, 11) is 0. The van der Waals surface area contributed by atoms with E-state index in [2.05, 4.69) is 121 Å². The predicted octanol–water partition coefficient (Wildman–Crippen LogP) is 11.6. The number of rotatable bonds is 5. The highest BCUT2D eigenvalue weighted by Crippen LogP contribution is 2.42. The molecule has 0 fully saturated rings. The number of aryl methyl sites for hydroxylation is 2. The van der Waals surface area contributed by atoms with Crippen LogP contribution in [0, 0.1) is 0 Å². The normalized spacial score (nSPS) is 12.0. The Morgan fingerprint density at radius 3 is 1.79 bits per heavy atom. The molecule has 0 aliphatic heterocycles. The first-order valence-corrected chi connectivity index (χ1v) is 15.1. The van der Waals surface area contributed by atoms with Gasteiger partial charge in [0.25, 0.3) is 0 Å². The molecule has 0 bridgehead atoms. The van der Waals surface area contributed by atoms with Gasteiger partial charge in [0.2, 0.25) is 0 Å². The van der Waals surface area contributed by atoms with Crippen molar-refractivity contribution in [3.05, 3.63) is 145 Å². The van der Waals surface area contributed by atoms with E-state index in [0.717, 1.165) is 57.8 Å². The lowest BCUT2D eigenvalue weighted by atomic mass is 9.86. The average molecular weight is 553 g/mol. The maximum absolute atomic E-state index is 6.44. The summed E-state index contributed by atoms with van der Waals surface area (Å²) in [6.07, 6.45) is 2.97. The average Bonchev–Trinajstić information content (AvgIpc) is 3.64. The van der Waals surface area contributed by atoms with Crippen LogP contribution in [0.15, 0.2) is 142 Å². The van der Waals surface area contributed by atoms with Crippen LogP contribution in [0.5, 0.6) is 0 Å². The van der Waals surface area contributed by atoms with Gasteiger partial charge in [-0.2, -0.15) is 0 Å². The van der Waals surface area contributed by atoms with Crippen molar-refractivity contribution in [2.75, 3.05) is 0 Å². The lowest BCUT2D eigenvalue weighted by Crippen LogP contribution is -1.96. The van der Waals surface area contributed by atoms with Crippen LogP contribution >= 0.6 is 0 Å². The van der Waals surface area contributed by atoms with Gasteiger partial charge in [-0.3, -0.25) is 0 Å². The Balaban J connectivity index is 1.16. The molecular formula is C41H28O2. The zero-order valence-electron chi connectivity index (χ0n) is 23.6. The minimum atomic E-state index is 0.877. The second kappa shape index (κ2) is 9.61. The zero-order chi connectivity index (χ0) is 28.3. The molecule has 0 aliphatic carbocycles. The summed E-state index contributed by atoms with van der Waals surface area (Å²) in [5, 5.41) is 9.86. The summed E-state index contributed by atoms with van der Waals surface area (Å²) in [5.74, 6) is 0. The van der Waals surface area contributed by atoms with Gasteiger partial charge in [0.05, 0.1) is 5.39 Å². The van der Waals surface area contributed by atoms with Crippen LogP contribution in [-0.4, -0.2) is 0 Å². The monoisotopic (exact) mass is 552 g/mol. The second-order valence-electron chi connectivity index (χ2n) is 11.5. The smallest absolute Gasteiger partial charge is 0.147 e. The first-order valence-electron chi connectivity index (χ1n) is 15.1. The summed E-state index contributed by atoms with van der Waals surface area (Å²) < 4.78 is 12.8. The quantitative estimate of drug-likeness (QED) is 0.199. The van der Waals surface area contributed by atoms with Crippen LogP contribution in [-0.2, 0) is 12.8 Å². The minimum absolute atomic E-state index is 0.877. The standard InChI is InChI=1S/C41H28O2/c1-2-12-26(13-3-1)38-32-19-6-4-16-29(32)28(30-17-5-7-20-33(30)38)21-10-14-27-15-11-23-36-39(27)40-37(42-36)25-24-34-31-18-8-9-22-35(31)43-41(34)40/h1-9,11-13,15-20,22-25H,10,14,21H2. The largest absolute Gasteiger partial charge is 0.456 e. The molecule has 0 aliphatic rings. The van der Waals surface area contributed by atoms with Gasteiger partial charge in [-0.25, -0.2) is 0 Å². The third-order valence-electron chi connectivity index (χ3n) is 9.07. The van der Waals surface area contributed by atoms with Crippen molar-refractivity contribution in [1.82, 2.24) is 0 Å². The highest BCUT2D eigenvalue weighted by Gasteiger charge is 2.19. The number of benzene rings is 7. The number of para-hydroxylation sites is 1. The molecule has 0 unspecified atom stereocenters. The van der Waals surface area contributed by atoms with Crippen LogP contribution < -0.4 is 0 Å². The molecule has 0 atom stereocenters. The Bertz CT molecular complexity index is 2420. The van der Waals surface area contributed by atoms with Gasteiger partial charge in [-0.15, -0.1) is 0 Å². The summed E-state index contributed by atoms with van der Waals surface area (Å²) >= 11 is 0. The molecule has 204 valence electrons. The van der Waals surface area contributed by atoms with E-state index in [-0.39, 0.29) is 0 Å². The van der Waals surface area contributed by atoms with Gasteiger partial charge < -0.3 is 8.83 Å². The van der Waals surface area contributed by atoms with Gasteiger partial charge >= 0.3 is 0 Å². The Kier molecular flexibility index (Phi) is 5.42. The molecule has 43 heavy (non-hydrogen) atoms. The van der Waals surface area contributed by atoms with Gasteiger partial charge in [0, 0.05) is 16.2 Å². The van der Waals surface area contributed by atoms with Crippen molar-refractivity contribution in [3.8, 4) is 11.1 Å². The Labute approximate surface area is 248 Å². The summed E-state index contributed by atoms with van der Waals surface area (Å²) in [4.78, 5) is 0. The highest BCUT2D eigenvalue weighted by molar-refractivity contribution is 6.22. The molecule has 2 nitrogen and oxygen atoms in total. The SMILES string of the molecule is c1ccc(-c2c3ccccc3c(CCCc3cccc4oc5ccc6c7ccccc7oc6c5c34)c3ccccc23)cc1. The van der Waals surface area contributed by atoms with Crippen molar-refractivity contribution in [1.29, 1.82) is 0 Å². The zero-order valence-corrected chi connectivity index (χ0v) is 23.6. The molecule has 0 spiro atoms. The highest BCUT2D eigenvalue weighted by atomic mass is 16.3.